The maximum atomic E-state index is 13.0. The number of hydrogen-bond donors (Lipinski definition) is 0. The zero-order valence-electron chi connectivity index (χ0n) is 14.8. The molecule has 0 saturated carbocycles. The summed E-state index contributed by atoms with van der Waals surface area (Å²) in [7, 11) is 0. The van der Waals surface area contributed by atoms with E-state index in [4.69, 9.17) is 0 Å². The molecule has 2 aliphatic rings. The van der Waals surface area contributed by atoms with Crippen molar-refractivity contribution in [1.29, 1.82) is 0 Å². The summed E-state index contributed by atoms with van der Waals surface area (Å²) in [5.74, 6) is 0.147. The standard InChI is InChI=1S/C20H24N4O2/c25-19(14-16-6-2-1-3-7-16)23-11-4-8-18(23)20(26)22-13-9-17(15-22)24-12-5-10-21-24/h1-3,5-7,10,12,17-18H,4,8-9,11,13-15H2. The molecule has 4 rings (SSSR count). The summed E-state index contributed by atoms with van der Waals surface area (Å²) in [5.41, 5.74) is 0.996. The van der Waals surface area contributed by atoms with Gasteiger partial charge in [-0.3, -0.25) is 14.3 Å². The number of hydrogen-bond acceptors (Lipinski definition) is 3. The van der Waals surface area contributed by atoms with E-state index in [0.717, 1.165) is 31.4 Å². The number of nitrogens with zero attached hydrogens (tertiary/aromatic N) is 4. The second-order valence-electron chi connectivity index (χ2n) is 7.12. The van der Waals surface area contributed by atoms with E-state index in [9.17, 15) is 9.59 Å². The van der Waals surface area contributed by atoms with Gasteiger partial charge in [-0.05, 0) is 30.9 Å². The highest BCUT2D eigenvalue weighted by Crippen LogP contribution is 2.26. The van der Waals surface area contributed by atoms with Crippen LogP contribution in [0.25, 0.3) is 0 Å². The van der Waals surface area contributed by atoms with Crippen molar-refractivity contribution in [3.63, 3.8) is 0 Å². The molecular weight excluding hydrogens is 328 g/mol. The summed E-state index contributed by atoms with van der Waals surface area (Å²) in [6.45, 7) is 2.09. The van der Waals surface area contributed by atoms with Crippen molar-refractivity contribution in [2.24, 2.45) is 0 Å². The molecule has 26 heavy (non-hydrogen) atoms. The molecular formula is C20H24N4O2. The van der Waals surface area contributed by atoms with Crippen LogP contribution in [0.3, 0.4) is 0 Å². The van der Waals surface area contributed by atoms with Crippen molar-refractivity contribution in [2.45, 2.75) is 37.8 Å². The number of aromatic nitrogens is 2. The van der Waals surface area contributed by atoms with Crippen molar-refractivity contribution in [2.75, 3.05) is 19.6 Å². The van der Waals surface area contributed by atoms with Crippen molar-refractivity contribution in [1.82, 2.24) is 19.6 Å². The molecule has 0 N–H and O–H groups in total. The van der Waals surface area contributed by atoms with Gasteiger partial charge in [0.05, 0.1) is 12.5 Å². The molecule has 3 heterocycles. The lowest BCUT2D eigenvalue weighted by Gasteiger charge is -2.28. The Bertz CT molecular complexity index is 759. The van der Waals surface area contributed by atoms with Gasteiger partial charge in [-0.15, -0.1) is 0 Å². The maximum Gasteiger partial charge on any atom is 0.245 e. The van der Waals surface area contributed by atoms with Crippen molar-refractivity contribution >= 4 is 11.8 Å². The minimum atomic E-state index is -0.303. The van der Waals surface area contributed by atoms with Gasteiger partial charge in [-0.25, -0.2) is 0 Å². The molecule has 0 radical (unpaired) electrons. The van der Waals surface area contributed by atoms with Crippen LogP contribution in [0.4, 0.5) is 0 Å². The van der Waals surface area contributed by atoms with Crippen LogP contribution in [0.15, 0.2) is 48.8 Å². The quantitative estimate of drug-likeness (QED) is 0.844. The van der Waals surface area contributed by atoms with Crippen LogP contribution in [-0.4, -0.2) is 57.1 Å². The summed E-state index contributed by atoms with van der Waals surface area (Å²) in [6.07, 6.45) is 6.66. The fraction of sp³-hybridized carbons (Fsp3) is 0.450. The molecule has 0 bridgehead atoms. The molecule has 6 nitrogen and oxygen atoms in total. The Morgan fingerprint density at radius 3 is 2.69 bits per heavy atom. The summed E-state index contributed by atoms with van der Waals surface area (Å²) >= 11 is 0. The van der Waals surface area contributed by atoms with Gasteiger partial charge >= 0.3 is 0 Å². The number of carbonyl (C=O) groups is 2. The van der Waals surface area contributed by atoms with Gasteiger partial charge in [-0.2, -0.15) is 5.10 Å². The molecule has 6 heteroatoms. The predicted molar refractivity (Wildman–Crippen MR) is 97.3 cm³/mol. The van der Waals surface area contributed by atoms with Crippen LogP contribution < -0.4 is 0 Å². The molecule has 2 aliphatic heterocycles. The Hall–Kier alpha value is -2.63. The first-order chi connectivity index (χ1) is 12.7. The van der Waals surface area contributed by atoms with Gasteiger partial charge in [-0.1, -0.05) is 30.3 Å². The minimum absolute atomic E-state index is 0.0508. The monoisotopic (exact) mass is 352 g/mol. The molecule has 2 unspecified atom stereocenters. The number of rotatable bonds is 4. The third-order valence-corrected chi connectivity index (χ3v) is 5.43. The smallest absolute Gasteiger partial charge is 0.245 e. The Balaban J connectivity index is 1.40. The zero-order valence-corrected chi connectivity index (χ0v) is 14.8. The van der Waals surface area contributed by atoms with E-state index >= 15 is 0 Å². The maximum absolute atomic E-state index is 13.0. The first-order valence-electron chi connectivity index (χ1n) is 9.33. The number of carbonyl (C=O) groups excluding carboxylic acids is 2. The molecule has 0 aliphatic carbocycles. The van der Waals surface area contributed by atoms with Gasteiger partial charge in [0.15, 0.2) is 0 Å². The Morgan fingerprint density at radius 1 is 1.08 bits per heavy atom. The normalized spacial score (nSPS) is 22.8. The van der Waals surface area contributed by atoms with Gasteiger partial charge in [0.25, 0.3) is 0 Å². The first kappa shape index (κ1) is 16.8. The lowest BCUT2D eigenvalue weighted by atomic mass is 10.1. The van der Waals surface area contributed by atoms with Gasteiger partial charge in [0.1, 0.15) is 6.04 Å². The molecule has 2 atom stereocenters. The van der Waals surface area contributed by atoms with E-state index < -0.39 is 0 Å². The summed E-state index contributed by atoms with van der Waals surface area (Å²) in [4.78, 5) is 29.5. The topological polar surface area (TPSA) is 58.4 Å². The van der Waals surface area contributed by atoms with Gasteiger partial charge < -0.3 is 9.80 Å². The lowest BCUT2D eigenvalue weighted by Crippen LogP contribution is -2.47. The van der Waals surface area contributed by atoms with E-state index in [1.54, 1.807) is 11.1 Å². The van der Waals surface area contributed by atoms with E-state index in [2.05, 4.69) is 5.10 Å². The van der Waals surface area contributed by atoms with E-state index in [1.807, 2.05) is 52.2 Å². The molecule has 2 aromatic rings. The molecule has 1 aromatic heterocycles. The number of amides is 2. The largest absolute Gasteiger partial charge is 0.339 e. The fourth-order valence-corrected chi connectivity index (χ4v) is 4.06. The molecule has 2 fully saturated rings. The molecule has 0 spiro atoms. The van der Waals surface area contributed by atoms with Crippen molar-refractivity contribution in [3.8, 4) is 0 Å². The highest BCUT2D eigenvalue weighted by molar-refractivity contribution is 5.89. The van der Waals surface area contributed by atoms with Crippen LogP contribution >= 0.6 is 0 Å². The zero-order chi connectivity index (χ0) is 17.9. The van der Waals surface area contributed by atoms with Crippen LogP contribution in [0.2, 0.25) is 0 Å². The third kappa shape index (κ3) is 3.36. The van der Waals surface area contributed by atoms with Crippen molar-refractivity contribution in [3.05, 3.63) is 54.4 Å². The summed E-state index contributed by atoms with van der Waals surface area (Å²) in [6, 6.07) is 11.6. The highest BCUT2D eigenvalue weighted by atomic mass is 16.2. The van der Waals surface area contributed by atoms with Crippen LogP contribution in [0.5, 0.6) is 0 Å². The van der Waals surface area contributed by atoms with Gasteiger partial charge in [0.2, 0.25) is 11.8 Å². The van der Waals surface area contributed by atoms with Crippen molar-refractivity contribution < 1.29 is 9.59 Å². The van der Waals surface area contributed by atoms with E-state index in [-0.39, 0.29) is 23.9 Å². The van der Waals surface area contributed by atoms with E-state index in [1.165, 1.54) is 0 Å². The number of benzene rings is 1. The SMILES string of the molecule is O=C(C1CCCN1C(=O)Cc1ccccc1)N1CCC(n2cccn2)C1. The van der Waals surface area contributed by atoms with E-state index in [0.29, 0.717) is 19.5 Å². The second kappa shape index (κ2) is 7.32. The Kier molecular flexibility index (Phi) is 4.73. The third-order valence-electron chi connectivity index (χ3n) is 5.43. The highest BCUT2D eigenvalue weighted by Gasteiger charge is 2.38. The minimum Gasteiger partial charge on any atom is -0.339 e. The molecule has 136 valence electrons. The Labute approximate surface area is 153 Å². The summed E-state index contributed by atoms with van der Waals surface area (Å²) < 4.78 is 1.93. The second-order valence-corrected chi connectivity index (χ2v) is 7.12. The molecule has 1 aromatic carbocycles. The molecule has 2 saturated heterocycles. The van der Waals surface area contributed by atoms with Crippen LogP contribution in [0, 0.1) is 0 Å². The average molecular weight is 352 g/mol. The molecule has 2 amide bonds. The van der Waals surface area contributed by atoms with Crippen LogP contribution in [0.1, 0.15) is 30.9 Å². The average Bonchev–Trinajstić information content (AvgIpc) is 3.42. The Morgan fingerprint density at radius 2 is 1.92 bits per heavy atom. The van der Waals surface area contributed by atoms with Gasteiger partial charge in [0, 0.05) is 32.0 Å². The first-order valence-corrected chi connectivity index (χ1v) is 9.33. The predicted octanol–water partition coefficient (Wildman–Crippen LogP) is 1.89. The van der Waals surface area contributed by atoms with Crippen LogP contribution in [-0.2, 0) is 16.0 Å². The summed E-state index contributed by atoms with van der Waals surface area (Å²) in [5, 5.41) is 4.29. The fourth-order valence-electron chi connectivity index (χ4n) is 4.06. The number of likely N-dealkylation sites (tertiary alicyclic amines) is 2. The lowest BCUT2D eigenvalue weighted by molar-refractivity contribution is -0.142.